The van der Waals surface area contributed by atoms with Crippen molar-refractivity contribution in [2.24, 2.45) is 0 Å². The number of hydrogen-bond donors (Lipinski definition) is 1. The first-order valence-corrected chi connectivity index (χ1v) is 10.6. The van der Waals surface area contributed by atoms with Gasteiger partial charge in [0.2, 0.25) is 5.91 Å². The van der Waals surface area contributed by atoms with Crippen LogP contribution in [0, 0.1) is 6.92 Å². The number of nitrogens with zero attached hydrogens (tertiary/aromatic N) is 4. The van der Waals surface area contributed by atoms with E-state index in [0.717, 1.165) is 22.7 Å². The number of pyridine rings is 1. The van der Waals surface area contributed by atoms with Gasteiger partial charge in [-0.1, -0.05) is 23.9 Å². The molecule has 3 rings (SSSR count). The Morgan fingerprint density at radius 3 is 2.77 bits per heavy atom. The number of methoxy groups -OCH3 is 1. The highest BCUT2D eigenvalue weighted by Gasteiger charge is 2.15. The molecule has 0 unspecified atom stereocenters. The minimum atomic E-state index is -0.0837. The van der Waals surface area contributed by atoms with Crippen LogP contribution in [0.1, 0.15) is 5.56 Å². The van der Waals surface area contributed by atoms with E-state index < -0.39 is 0 Å². The quantitative estimate of drug-likeness (QED) is 0.371. The van der Waals surface area contributed by atoms with Crippen LogP contribution in [0.15, 0.2) is 53.9 Å². The number of benzene rings is 1. The van der Waals surface area contributed by atoms with E-state index in [4.69, 9.17) is 9.47 Å². The number of carbonyl (C=O) groups excluding carboxylic acids is 1. The van der Waals surface area contributed by atoms with Crippen LogP contribution in [0.25, 0.3) is 11.4 Å². The Morgan fingerprint density at radius 2 is 2.00 bits per heavy atom. The molecule has 0 aliphatic heterocycles. The molecule has 0 radical (unpaired) electrons. The number of ether oxygens (including phenoxy) is 2. The molecule has 0 saturated carbocycles. The Hall–Kier alpha value is -2.91. The van der Waals surface area contributed by atoms with Gasteiger partial charge in [0.05, 0.1) is 25.4 Å². The highest BCUT2D eigenvalue weighted by atomic mass is 32.2. The zero-order valence-corrected chi connectivity index (χ0v) is 17.9. The third-order valence-electron chi connectivity index (χ3n) is 4.19. The zero-order chi connectivity index (χ0) is 21.2. The van der Waals surface area contributed by atoms with Gasteiger partial charge in [0.25, 0.3) is 0 Å². The summed E-state index contributed by atoms with van der Waals surface area (Å²) in [4.78, 5) is 16.2. The van der Waals surface area contributed by atoms with Crippen LogP contribution in [0.5, 0.6) is 5.75 Å². The van der Waals surface area contributed by atoms with E-state index in [2.05, 4.69) is 20.5 Å². The van der Waals surface area contributed by atoms with Gasteiger partial charge in [0, 0.05) is 25.1 Å². The van der Waals surface area contributed by atoms with Crippen LogP contribution in [0.4, 0.5) is 0 Å². The topological polar surface area (TPSA) is 91.2 Å². The van der Waals surface area contributed by atoms with Crippen LogP contribution >= 0.6 is 11.8 Å². The first kappa shape index (κ1) is 21.8. The van der Waals surface area contributed by atoms with Gasteiger partial charge >= 0.3 is 0 Å². The molecule has 1 aromatic carbocycles. The highest BCUT2D eigenvalue weighted by Crippen LogP contribution is 2.23. The number of hydrogen-bond acceptors (Lipinski definition) is 7. The number of amides is 1. The monoisotopic (exact) mass is 427 g/mol. The molecular weight excluding hydrogens is 402 g/mol. The first-order chi connectivity index (χ1) is 14.7. The fraction of sp³-hybridized carbons (Fsp3) is 0.333. The second-order valence-electron chi connectivity index (χ2n) is 6.49. The number of aromatic nitrogens is 4. The standard InChI is InChI=1S/C21H25N5O3S/c1-16-4-3-5-18(14-16)29-12-10-23-19(27)15-30-21-25-24-20(26(21)11-13-28-2)17-6-8-22-9-7-17/h3-9,14H,10-13,15H2,1-2H3,(H,23,27). The van der Waals surface area contributed by atoms with Crippen LogP contribution in [-0.2, 0) is 16.1 Å². The Labute approximate surface area is 180 Å². The van der Waals surface area contributed by atoms with Crippen molar-refractivity contribution in [3.05, 3.63) is 54.4 Å². The van der Waals surface area contributed by atoms with E-state index in [0.29, 0.717) is 31.5 Å². The van der Waals surface area contributed by atoms with Gasteiger partial charge in [0.1, 0.15) is 12.4 Å². The van der Waals surface area contributed by atoms with Gasteiger partial charge in [-0.15, -0.1) is 10.2 Å². The molecule has 8 nitrogen and oxygen atoms in total. The first-order valence-electron chi connectivity index (χ1n) is 9.59. The van der Waals surface area contributed by atoms with Crippen molar-refractivity contribution in [3.63, 3.8) is 0 Å². The molecule has 30 heavy (non-hydrogen) atoms. The smallest absolute Gasteiger partial charge is 0.230 e. The fourth-order valence-corrected chi connectivity index (χ4v) is 3.53. The van der Waals surface area contributed by atoms with E-state index in [1.165, 1.54) is 11.8 Å². The Kier molecular flexibility index (Phi) is 8.22. The molecule has 0 atom stereocenters. The lowest BCUT2D eigenvalue weighted by molar-refractivity contribution is -0.118. The average molecular weight is 428 g/mol. The number of aryl methyl sites for hydroxylation is 1. The summed E-state index contributed by atoms with van der Waals surface area (Å²) < 4.78 is 12.8. The lowest BCUT2D eigenvalue weighted by atomic mass is 10.2. The Bertz CT molecular complexity index is 949. The fourth-order valence-electron chi connectivity index (χ4n) is 2.74. The van der Waals surface area contributed by atoms with Crippen LogP contribution in [0.3, 0.4) is 0 Å². The third kappa shape index (κ3) is 6.30. The van der Waals surface area contributed by atoms with Gasteiger partial charge in [-0.2, -0.15) is 0 Å². The largest absolute Gasteiger partial charge is 0.492 e. The second-order valence-corrected chi connectivity index (χ2v) is 7.43. The van der Waals surface area contributed by atoms with E-state index in [1.54, 1.807) is 19.5 Å². The number of nitrogens with one attached hydrogen (secondary N) is 1. The van der Waals surface area contributed by atoms with Crippen molar-refractivity contribution in [3.8, 4) is 17.1 Å². The molecule has 2 aromatic heterocycles. The van der Waals surface area contributed by atoms with Crippen molar-refractivity contribution in [2.75, 3.05) is 32.6 Å². The summed E-state index contributed by atoms with van der Waals surface area (Å²) in [7, 11) is 1.65. The minimum absolute atomic E-state index is 0.0837. The summed E-state index contributed by atoms with van der Waals surface area (Å²) in [6, 6.07) is 11.6. The van der Waals surface area contributed by atoms with Crippen LogP contribution in [-0.4, -0.2) is 58.3 Å². The second kappa shape index (κ2) is 11.3. The average Bonchev–Trinajstić information content (AvgIpc) is 3.17. The van der Waals surface area contributed by atoms with E-state index in [-0.39, 0.29) is 11.7 Å². The van der Waals surface area contributed by atoms with Gasteiger partial charge in [-0.25, -0.2) is 0 Å². The van der Waals surface area contributed by atoms with Crippen molar-refractivity contribution >= 4 is 17.7 Å². The SMILES string of the molecule is COCCn1c(SCC(=O)NCCOc2cccc(C)c2)nnc1-c1ccncc1. The summed E-state index contributed by atoms with van der Waals surface area (Å²) in [6.07, 6.45) is 3.42. The van der Waals surface area contributed by atoms with Crippen molar-refractivity contribution in [1.82, 2.24) is 25.1 Å². The van der Waals surface area contributed by atoms with Gasteiger partial charge in [-0.05, 0) is 36.8 Å². The van der Waals surface area contributed by atoms with E-state index >= 15 is 0 Å². The minimum Gasteiger partial charge on any atom is -0.492 e. The molecule has 0 bridgehead atoms. The predicted molar refractivity (Wildman–Crippen MR) is 116 cm³/mol. The number of carbonyl (C=O) groups is 1. The maximum absolute atomic E-state index is 12.2. The Balaban J connectivity index is 1.50. The summed E-state index contributed by atoms with van der Waals surface area (Å²) >= 11 is 1.34. The Morgan fingerprint density at radius 1 is 1.17 bits per heavy atom. The predicted octanol–water partition coefficient (Wildman–Crippen LogP) is 2.58. The van der Waals surface area contributed by atoms with Gasteiger partial charge in [-0.3, -0.25) is 14.3 Å². The lowest BCUT2D eigenvalue weighted by Gasteiger charge is -2.10. The summed E-state index contributed by atoms with van der Waals surface area (Å²) in [5.41, 5.74) is 2.05. The molecule has 0 aliphatic rings. The highest BCUT2D eigenvalue weighted by molar-refractivity contribution is 7.99. The molecule has 1 amide bonds. The van der Waals surface area contributed by atoms with Gasteiger partial charge < -0.3 is 14.8 Å². The van der Waals surface area contributed by atoms with Crippen molar-refractivity contribution in [1.29, 1.82) is 0 Å². The molecule has 1 N–H and O–H groups in total. The van der Waals surface area contributed by atoms with E-state index in [9.17, 15) is 4.79 Å². The molecule has 158 valence electrons. The van der Waals surface area contributed by atoms with Gasteiger partial charge in [0.15, 0.2) is 11.0 Å². The maximum Gasteiger partial charge on any atom is 0.230 e. The van der Waals surface area contributed by atoms with E-state index in [1.807, 2.05) is 47.9 Å². The maximum atomic E-state index is 12.2. The summed E-state index contributed by atoms with van der Waals surface area (Å²) in [5, 5.41) is 12.1. The molecule has 0 spiro atoms. The summed E-state index contributed by atoms with van der Waals surface area (Å²) in [6.45, 7) is 3.97. The summed E-state index contributed by atoms with van der Waals surface area (Å²) in [5.74, 6) is 1.68. The molecule has 0 fully saturated rings. The third-order valence-corrected chi connectivity index (χ3v) is 5.16. The molecule has 2 heterocycles. The van der Waals surface area contributed by atoms with Crippen LogP contribution in [0.2, 0.25) is 0 Å². The normalized spacial score (nSPS) is 10.7. The molecular formula is C21H25N5O3S. The van der Waals surface area contributed by atoms with Crippen LogP contribution < -0.4 is 10.1 Å². The van der Waals surface area contributed by atoms with Crippen molar-refractivity contribution < 1.29 is 14.3 Å². The zero-order valence-electron chi connectivity index (χ0n) is 17.1. The van der Waals surface area contributed by atoms with Crippen molar-refractivity contribution in [2.45, 2.75) is 18.6 Å². The molecule has 0 aliphatic carbocycles. The number of rotatable bonds is 11. The molecule has 0 saturated heterocycles. The molecule has 3 aromatic rings. The molecule has 9 heteroatoms. The number of thioether (sulfide) groups is 1. The lowest BCUT2D eigenvalue weighted by Crippen LogP contribution is -2.29.